The first-order valence-corrected chi connectivity index (χ1v) is 10.4. The van der Waals surface area contributed by atoms with Crippen molar-refractivity contribution in [2.75, 3.05) is 13.1 Å². The standard InChI is InChI=1S/C23H20F6N4/c24-15-8-14(21(26)19(25)9-15)11-33-12-18(17-2-1-13(10-30)7-20(17)33)22(23(27,28)29)32-16-3-5-31-6-4-16/h1-2,7-9,12,16,22,31-32H,3-6,11H2. The van der Waals surface area contributed by atoms with Gasteiger partial charge in [0.05, 0.1) is 18.2 Å². The van der Waals surface area contributed by atoms with E-state index in [9.17, 15) is 31.6 Å². The van der Waals surface area contributed by atoms with Gasteiger partial charge < -0.3 is 9.88 Å². The molecule has 2 N–H and O–H groups in total. The Morgan fingerprint density at radius 2 is 1.85 bits per heavy atom. The lowest BCUT2D eigenvalue weighted by Crippen LogP contribution is -2.45. The molecule has 0 amide bonds. The summed E-state index contributed by atoms with van der Waals surface area (Å²) < 4.78 is 85.3. The second-order valence-corrected chi connectivity index (χ2v) is 8.08. The molecule has 0 aliphatic carbocycles. The highest BCUT2D eigenvalue weighted by molar-refractivity contribution is 5.86. The monoisotopic (exact) mass is 466 g/mol. The zero-order valence-corrected chi connectivity index (χ0v) is 17.3. The van der Waals surface area contributed by atoms with Crippen LogP contribution in [0.15, 0.2) is 36.5 Å². The highest BCUT2D eigenvalue weighted by Gasteiger charge is 2.43. The van der Waals surface area contributed by atoms with Crippen molar-refractivity contribution in [3.8, 4) is 6.07 Å². The Bertz CT molecular complexity index is 1200. The van der Waals surface area contributed by atoms with E-state index in [1.807, 2.05) is 6.07 Å². The van der Waals surface area contributed by atoms with Gasteiger partial charge in [-0.25, -0.2) is 13.2 Å². The largest absolute Gasteiger partial charge is 0.407 e. The Labute approximate surface area is 185 Å². The summed E-state index contributed by atoms with van der Waals surface area (Å²) in [6.45, 7) is 0.781. The van der Waals surface area contributed by atoms with E-state index in [0.717, 1.165) is 6.07 Å². The minimum atomic E-state index is -4.63. The van der Waals surface area contributed by atoms with Gasteiger partial charge in [0.2, 0.25) is 0 Å². The number of piperidine rings is 1. The number of hydrogen-bond acceptors (Lipinski definition) is 3. The smallest absolute Gasteiger partial charge is 0.343 e. The van der Waals surface area contributed by atoms with Gasteiger partial charge in [-0.2, -0.15) is 18.4 Å². The van der Waals surface area contributed by atoms with Crippen LogP contribution in [-0.2, 0) is 6.54 Å². The lowest BCUT2D eigenvalue weighted by atomic mass is 10.0. The fourth-order valence-electron chi connectivity index (χ4n) is 4.24. The van der Waals surface area contributed by atoms with Crippen LogP contribution in [0, 0.1) is 28.8 Å². The van der Waals surface area contributed by atoms with Gasteiger partial charge >= 0.3 is 6.18 Å². The van der Waals surface area contributed by atoms with E-state index in [0.29, 0.717) is 32.0 Å². The third kappa shape index (κ3) is 4.84. The van der Waals surface area contributed by atoms with Gasteiger partial charge in [0.25, 0.3) is 0 Å². The quantitative estimate of drug-likeness (QED) is 0.415. The minimum absolute atomic E-state index is 0.0993. The van der Waals surface area contributed by atoms with E-state index in [1.165, 1.54) is 29.0 Å². The molecule has 0 radical (unpaired) electrons. The Kier molecular flexibility index (Phi) is 6.36. The predicted octanol–water partition coefficient (Wildman–Crippen LogP) is 4.92. The number of fused-ring (bicyclic) bond motifs is 1. The highest BCUT2D eigenvalue weighted by Crippen LogP contribution is 2.38. The van der Waals surface area contributed by atoms with Crippen LogP contribution in [0.2, 0.25) is 0 Å². The van der Waals surface area contributed by atoms with Gasteiger partial charge in [-0.3, -0.25) is 5.32 Å². The first-order valence-electron chi connectivity index (χ1n) is 10.4. The van der Waals surface area contributed by atoms with E-state index in [4.69, 9.17) is 0 Å². The molecule has 4 nitrogen and oxygen atoms in total. The van der Waals surface area contributed by atoms with E-state index < -0.39 is 36.2 Å². The molecule has 2 heterocycles. The summed E-state index contributed by atoms with van der Waals surface area (Å²) in [5, 5.41) is 15.3. The van der Waals surface area contributed by atoms with Crippen molar-refractivity contribution < 1.29 is 26.3 Å². The number of alkyl halides is 3. The summed E-state index contributed by atoms with van der Waals surface area (Å²) in [7, 11) is 0. The van der Waals surface area contributed by atoms with Crippen LogP contribution in [0.5, 0.6) is 0 Å². The number of nitriles is 1. The van der Waals surface area contributed by atoms with Crippen LogP contribution in [0.25, 0.3) is 10.9 Å². The SMILES string of the molecule is N#Cc1ccc2c(C(NC3CCNCC3)C(F)(F)F)cn(Cc3cc(F)cc(F)c3F)c2c1. The van der Waals surface area contributed by atoms with E-state index in [-0.39, 0.29) is 33.6 Å². The molecule has 2 aromatic carbocycles. The Hall–Kier alpha value is -3.03. The maximum absolute atomic E-state index is 14.3. The number of halogens is 6. The topological polar surface area (TPSA) is 52.8 Å². The van der Waals surface area contributed by atoms with Crippen molar-refractivity contribution in [2.45, 2.75) is 37.6 Å². The average Bonchev–Trinajstić information content (AvgIpc) is 3.12. The first-order chi connectivity index (χ1) is 15.7. The molecular formula is C23H20F6N4. The van der Waals surface area contributed by atoms with Crippen molar-refractivity contribution in [2.24, 2.45) is 0 Å². The summed E-state index contributed by atoms with van der Waals surface area (Å²) in [4.78, 5) is 0. The maximum Gasteiger partial charge on any atom is 0.407 e. The Morgan fingerprint density at radius 1 is 1.12 bits per heavy atom. The molecule has 0 saturated carbocycles. The van der Waals surface area contributed by atoms with Gasteiger partial charge in [-0.05, 0) is 44.1 Å². The molecule has 1 aliphatic heterocycles. The van der Waals surface area contributed by atoms with E-state index in [1.54, 1.807) is 0 Å². The number of nitrogens with one attached hydrogen (secondary N) is 2. The zero-order chi connectivity index (χ0) is 23.8. The fourth-order valence-corrected chi connectivity index (χ4v) is 4.24. The molecule has 1 fully saturated rings. The number of benzene rings is 2. The predicted molar refractivity (Wildman–Crippen MR) is 110 cm³/mol. The molecule has 1 saturated heterocycles. The lowest BCUT2D eigenvalue weighted by Gasteiger charge is -2.30. The molecule has 10 heteroatoms. The molecule has 1 aromatic heterocycles. The van der Waals surface area contributed by atoms with Crippen molar-refractivity contribution >= 4 is 10.9 Å². The van der Waals surface area contributed by atoms with Crippen LogP contribution in [0.3, 0.4) is 0 Å². The normalized spacial score (nSPS) is 16.2. The highest BCUT2D eigenvalue weighted by atomic mass is 19.4. The van der Waals surface area contributed by atoms with Crippen LogP contribution < -0.4 is 10.6 Å². The van der Waals surface area contributed by atoms with Gasteiger partial charge in [0, 0.05) is 40.3 Å². The van der Waals surface area contributed by atoms with E-state index >= 15 is 0 Å². The molecule has 3 aromatic rings. The number of aromatic nitrogens is 1. The summed E-state index contributed by atoms with van der Waals surface area (Å²) in [5.41, 5.74) is -0.0327. The van der Waals surface area contributed by atoms with Gasteiger partial charge in [-0.1, -0.05) is 6.07 Å². The van der Waals surface area contributed by atoms with Crippen molar-refractivity contribution in [1.82, 2.24) is 15.2 Å². The average molecular weight is 466 g/mol. The Balaban J connectivity index is 1.82. The van der Waals surface area contributed by atoms with Gasteiger partial charge in [-0.15, -0.1) is 0 Å². The van der Waals surface area contributed by atoms with Crippen molar-refractivity contribution in [3.05, 3.63) is 70.7 Å². The first kappa shape index (κ1) is 23.1. The fraction of sp³-hybridized carbons (Fsp3) is 0.348. The van der Waals surface area contributed by atoms with E-state index in [2.05, 4.69) is 10.6 Å². The van der Waals surface area contributed by atoms with Crippen LogP contribution in [-0.4, -0.2) is 29.9 Å². The second-order valence-electron chi connectivity index (χ2n) is 8.08. The molecular weight excluding hydrogens is 446 g/mol. The Morgan fingerprint density at radius 3 is 2.52 bits per heavy atom. The molecule has 33 heavy (non-hydrogen) atoms. The molecule has 1 atom stereocenters. The molecule has 4 rings (SSSR count). The van der Waals surface area contributed by atoms with Gasteiger partial charge in [0.1, 0.15) is 11.9 Å². The number of rotatable bonds is 5. The molecule has 0 spiro atoms. The molecule has 0 bridgehead atoms. The maximum atomic E-state index is 14.3. The molecule has 1 aliphatic rings. The molecule has 1 unspecified atom stereocenters. The third-order valence-electron chi connectivity index (χ3n) is 5.83. The van der Waals surface area contributed by atoms with Crippen LogP contribution >= 0.6 is 0 Å². The minimum Gasteiger partial charge on any atom is -0.343 e. The second kappa shape index (κ2) is 9.08. The summed E-state index contributed by atoms with van der Waals surface area (Å²) >= 11 is 0. The van der Waals surface area contributed by atoms with Crippen molar-refractivity contribution in [1.29, 1.82) is 5.26 Å². The summed E-state index contributed by atoms with van der Waals surface area (Å²) in [6.07, 6.45) is -2.37. The zero-order valence-electron chi connectivity index (χ0n) is 17.3. The number of hydrogen-bond donors (Lipinski definition) is 2. The van der Waals surface area contributed by atoms with Crippen LogP contribution in [0.1, 0.15) is 35.6 Å². The number of nitrogens with zero attached hydrogens (tertiary/aromatic N) is 2. The van der Waals surface area contributed by atoms with Gasteiger partial charge in [0.15, 0.2) is 11.6 Å². The summed E-state index contributed by atoms with van der Waals surface area (Å²) in [5.74, 6) is -3.67. The van der Waals surface area contributed by atoms with Crippen LogP contribution in [0.4, 0.5) is 26.3 Å². The third-order valence-corrected chi connectivity index (χ3v) is 5.83. The summed E-state index contributed by atoms with van der Waals surface area (Å²) in [6, 6.07) is 4.94. The molecule has 174 valence electrons. The lowest BCUT2D eigenvalue weighted by molar-refractivity contribution is -0.159. The van der Waals surface area contributed by atoms with Crippen molar-refractivity contribution in [3.63, 3.8) is 0 Å².